The van der Waals surface area contributed by atoms with Gasteiger partial charge in [-0.25, -0.2) is 0 Å². The van der Waals surface area contributed by atoms with E-state index < -0.39 is 0 Å². The van der Waals surface area contributed by atoms with Crippen molar-refractivity contribution in [2.24, 2.45) is 0 Å². The molecule has 1 aromatic carbocycles. The van der Waals surface area contributed by atoms with Crippen LogP contribution in [0.3, 0.4) is 0 Å². The summed E-state index contributed by atoms with van der Waals surface area (Å²) in [6.07, 6.45) is 0. The van der Waals surface area contributed by atoms with Gasteiger partial charge in [0.25, 0.3) is 0 Å². The van der Waals surface area contributed by atoms with E-state index in [1.807, 2.05) is 6.07 Å². The molecule has 15 heavy (non-hydrogen) atoms. The molecule has 78 valence electrons. The molecular weight excluding hydrogens is 182 g/mol. The topological polar surface area (TPSA) is 12.9 Å². The van der Waals surface area contributed by atoms with Gasteiger partial charge in [-0.15, -0.1) is 0 Å². The number of para-hydroxylation sites is 1. The van der Waals surface area contributed by atoms with Gasteiger partial charge in [0.1, 0.15) is 0 Å². The maximum Gasteiger partial charge on any atom is 0.0708 e. The Balaban J connectivity index is 2.83. The first kappa shape index (κ1) is 10.2. The van der Waals surface area contributed by atoms with Gasteiger partial charge in [0.15, 0.2) is 0 Å². The van der Waals surface area contributed by atoms with Crippen LogP contribution >= 0.6 is 0 Å². The van der Waals surface area contributed by atoms with Crippen molar-refractivity contribution in [3.05, 3.63) is 41.6 Å². The van der Waals surface area contributed by atoms with Gasteiger partial charge in [-0.1, -0.05) is 39.0 Å². The van der Waals surface area contributed by atoms with Gasteiger partial charge in [0, 0.05) is 11.1 Å². The molecule has 2 aromatic rings. The molecule has 0 amide bonds. The predicted octanol–water partition coefficient (Wildman–Crippen LogP) is 3.84. The lowest BCUT2D eigenvalue weighted by Gasteiger charge is -2.21. The SMILES string of the molecule is Cc1cc(C(C)(C)C)c2ccccc2n1. The number of aryl methyl sites for hydroxylation is 1. The Kier molecular flexibility index (Phi) is 2.26. The van der Waals surface area contributed by atoms with Gasteiger partial charge in [0.05, 0.1) is 5.52 Å². The fourth-order valence-corrected chi connectivity index (χ4v) is 1.93. The van der Waals surface area contributed by atoms with E-state index >= 15 is 0 Å². The largest absolute Gasteiger partial charge is 0.253 e. The smallest absolute Gasteiger partial charge is 0.0708 e. The number of pyridine rings is 1. The molecule has 2 rings (SSSR count). The van der Waals surface area contributed by atoms with E-state index in [9.17, 15) is 0 Å². The van der Waals surface area contributed by atoms with E-state index in [1.54, 1.807) is 0 Å². The van der Waals surface area contributed by atoms with Gasteiger partial charge in [-0.2, -0.15) is 0 Å². The molecule has 0 unspecified atom stereocenters. The second-order valence-corrected chi connectivity index (χ2v) is 5.08. The van der Waals surface area contributed by atoms with Crippen molar-refractivity contribution >= 4 is 10.9 Å². The van der Waals surface area contributed by atoms with Crippen LogP contribution in [-0.2, 0) is 5.41 Å². The lowest BCUT2D eigenvalue weighted by molar-refractivity contribution is 0.594. The minimum absolute atomic E-state index is 0.174. The third-order valence-corrected chi connectivity index (χ3v) is 2.65. The molecule has 1 heterocycles. The normalized spacial score (nSPS) is 12.0. The van der Waals surface area contributed by atoms with Crippen molar-refractivity contribution in [2.45, 2.75) is 33.1 Å². The molecule has 0 aliphatic rings. The predicted molar refractivity (Wildman–Crippen MR) is 65.2 cm³/mol. The van der Waals surface area contributed by atoms with E-state index in [0.29, 0.717) is 0 Å². The fraction of sp³-hybridized carbons (Fsp3) is 0.357. The number of hydrogen-bond donors (Lipinski definition) is 0. The molecule has 0 aliphatic carbocycles. The fourth-order valence-electron chi connectivity index (χ4n) is 1.93. The molecule has 0 radical (unpaired) electrons. The highest BCUT2D eigenvalue weighted by Gasteiger charge is 2.17. The number of nitrogens with zero attached hydrogens (tertiary/aromatic N) is 1. The van der Waals surface area contributed by atoms with Crippen LogP contribution in [0.15, 0.2) is 30.3 Å². The Labute approximate surface area is 91.2 Å². The second kappa shape index (κ2) is 3.34. The first-order valence-electron chi connectivity index (χ1n) is 5.35. The lowest BCUT2D eigenvalue weighted by Crippen LogP contribution is -2.12. The van der Waals surface area contributed by atoms with Crippen LogP contribution in [0.25, 0.3) is 10.9 Å². The lowest BCUT2D eigenvalue weighted by atomic mass is 9.84. The number of hydrogen-bond acceptors (Lipinski definition) is 1. The third kappa shape index (κ3) is 1.87. The Morgan fingerprint density at radius 2 is 1.73 bits per heavy atom. The quantitative estimate of drug-likeness (QED) is 0.628. The van der Waals surface area contributed by atoms with Crippen molar-refractivity contribution in [1.29, 1.82) is 0 Å². The average molecular weight is 199 g/mol. The summed E-state index contributed by atoms with van der Waals surface area (Å²) in [5.41, 5.74) is 3.75. The van der Waals surface area contributed by atoms with E-state index in [1.165, 1.54) is 10.9 Å². The summed E-state index contributed by atoms with van der Waals surface area (Å²) in [7, 11) is 0. The van der Waals surface area contributed by atoms with Crippen molar-refractivity contribution in [3.8, 4) is 0 Å². The highest BCUT2D eigenvalue weighted by molar-refractivity contribution is 5.83. The van der Waals surface area contributed by atoms with Gasteiger partial charge < -0.3 is 0 Å². The second-order valence-electron chi connectivity index (χ2n) is 5.08. The zero-order chi connectivity index (χ0) is 11.1. The standard InChI is InChI=1S/C14H17N/c1-10-9-12(14(2,3)4)11-7-5-6-8-13(11)15-10/h5-9H,1-4H3. The minimum atomic E-state index is 0.174. The molecule has 0 aliphatic heterocycles. The first-order valence-corrected chi connectivity index (χ1v) is 5.35. The van der Waals surface area contributed by atoms with Crippen molar-refractivity contribution in [2.75, 3.05) is 0 Å². The maximum atomic E-state index is 4.55. The third-order valence-electron chi connectivity index (χ3n) is 2.65. The van der Waals surface area contributed by atoms with Gasteiger partial charge >= 0.3 is 0 Å². The molecule has 0 bridgehead atoms. The number of fused-ring (bicyclic) bond motifs is 1. The summed E-state index contributed by atoms with van der Waals surface area (Å²) < 4.78 is 0. The monoisotopic (exact) mass is 199 g/mol. The van der Waals surface area contributed by atoms with Gasteiger partial charge in [-0.3, -0.25) is 4.98 Å². The van der Waals surface area contributed by atoms with E-state index in [-0.39, 0.29) is 5.41 Å². The summed E-state index contributed by atoms with van der Waals surface area (Å²) in [5.74, 6) is 0. The average Bonchev–Trinajstić information content (AvgIpc) is 2.15. The van der Waals surface area contributed by atoms with Crippen LogP contribution < -0.4 is 0 Å². The van der Waals surface area contributed by atoms with Gasteiger partial charge in [0.2, 0.25) is 0 Å². The van der Waals surface area contributed by atoms with Crippen molar-refractivity contribution < 1.29 is 0 Å². The van der Waals surface area contributed by atoms with E-state index in [4.69, 9.17) is 0 Å². The summed E-state index contributed by atoms with van der Waals surface area (Å²) in [5, 5.41) is 1.27. The molecular formula is C14H17N. The van der Waals surface area contributed by atoms with Crippen LogP contribution in [0.5, 0.6) is 0 Å². The summed E-state index contributed by atoms with van der Waals surface area (Å²) in [4.78, 5) is 4.55. The minimum Gasteiger partial charge on any atom is -0.253 e. The molecule has 0 spiro atoms. The van der Waals surface area contributed by atoms with Crippen LogP contribution in [0.2, 0.25) is 0 Å². The first-order chi connectivity index (χ1) is 6.98. The van der Waals surface area contributed by atoms with Crippen LogP contribution in [-0.4, -0.2) is 4.98 Å². The van der Waals surface area contributed by atoms with Crippen molar-refractivity contribution in [3.63, 3.8) is 0 Å². The number of rotatable bonds is 0. The van der Waals surface area contributed by atoms with E-state index in [2.05, 4.69) is 56.9 Å². The molecule has 0 N–H and O–H groups in total. The summed E-state index contributed by atoms with van der Waals surface area (Å²) in [6.45, 7) is 8.79. The Bertz CT molecular complexity index is 492. The van der Waals surface area contributed by atoms with E-state index in [0.717, 1.165) is 11.2 Å². The van der Waals surface area contributed by atoms with Crippen LogP contribution in [0.1, 0.15) is 32.0 Å². The maximum absolute atomic E-state index is 4.55. The molecule has 1 nitrogen and oxygen atoms in total. The highest BCUT2D eigenvalue weighted by Crippen LogP contribution is 2.29. The summed E-state index contributed by atoms with van der Waals surface area (Å²) >= 11 is 0. The highest BCUT2D eigenvalue weighted by atomic mass is 14.7. The molecule has 0 saturated carbocycles. The number of aromatic nitrogens is 1. The van der Waals surface area contributed by atoms with Crippen LogP contribution in [0.4, 0.5) is 0 Å². The Morgan fingerprint density at radius 3 is 2.40 bits per heavy atom. The molecule has 1 heteroatoms. The molecule has 0 fully saturated rings. The molecule has 0 saturated heterocycles. The Hall–Kier alpha value is -1.37. The summed E-state index contributed by atoms with van der Waals surface area (Å²) in [6, 6.07) is 10.6. The Morgan fingerprint density at radius 1 is 1.07 bits per heavy atom. The molecule has 0 atom stereocenters. The number of benzene rings is 1. The molecule has 1 aromatic heterocycles. The zero-order valence-corrected chi connectivity index (χ0v) is 9.83. The zero-order valence-electron chi connectivity index (χ0n) is 9.83. The van der Waals surface area contributed by atoms with Gasteiger partial charge in [-0.05, 0) is 30.0 Å². The van der Waals surface area contributed by atoms with Crippen LogP contribution in [0, 0.1) is 6.92 Å². The van der Waals surface area contributed by atoms with Crippen molar-refractivity contribution in [1.82, 2.24) is 4.98 Å².